The summed E-state index contributed by atoms with van der Waals surface area (Å²) in [5.74, 6) is 0.225. The summed E-state index contributed by atoms with van der Waals surface area (Å²) in [5, 5.41) is 2.74. The predicted molar refractivity (Wildman–Crippen MR) is 108 cm³/mol. The van der Waals surface area contributed by atoms with Gasteiger partial charge in [-0.25, -0.2) is 8.42 Å². The van der Waals surface area contributed by atoms with Crippen LogP contribution in [0.3, 0.4) is 0 Å². The van der Waals surface area contributed by atoms with E-state index in [-0.39, 0.29) is 12.5 Å². The molecule has 0 aliphatic heterocycles. The number of benzene rings is 2. The summed E-state index contributed by atoms with van der Waals surface area (Å²) >= 11 is 2.19. The second-order valence-corrected chi connectivity index (χ2v) is 8.42. The number of nitrogens with one attached hydrogen (secondary N) is 1. The smallest absolute Gasteiger partial charge is 0.262 e. The van der Waals surface area contributed by atoms with Crippen LogP contribution in [0.4, 0.5) is 11.4 Å². The zero-order valence-electron chi connectivity index (χ0n) is 13.9. The molecule has 2 rings (SSSR count). The van der Waals surface area contributed by atoms with Gasteiger partial charge in [-0.05, 0) is 78.0 Å². The molecular weight excluding hydrogens is 455 g/mol. The Kier molecular flexibility index (Phi) is 6.65. The lowest BCUT2D eigenvalue weighted by Gasteiger charge is -2.20. The molecule has 0 aliphatic carbocycles. The number of halogens is 1. The zero-order valence-corrected chi connectivity index (χ0v) is 16.9. The van der Waals surface area contributed by atoms with Gasteiger partial charge in [0, 0.05) is 15.8 Å². The number of carbonyl (C=O) groups is 1. The van der Waals surface area contributed by atoms with Gasteiger partial charge in [-0.15, -0.1) is 0 Å². The third kappa shape index (κ3) is 5.89. The number of sulfonamides is 1. The standard InChI is InChI=1S/C17H19IN2O4S/c1-3-20(25(2,22)23)15-8-10-16(11-9-15)24-12-17(21)19-14-6-4-13(18)5-7-14/h4-11H,3,12H2,1-2H3,(H,19,21). The van der Waals surface area contributed by atoms with Crippen LogP contribution in [0.25, 0.3) is 0 Å². The maximum Gasteiger partial charge on any atom is 0.262 e. The molecule has 2 aromatic carbocycles. The van der Waals surface area contributed by atoms with Crippen molar-refractivity contribution in [1.82, 2.24) is 0 Å². The molecule has 0 heterocycles. The molecule has 8 heteroatoms. The first-order chi connectivity index (χ1) is 11.8. The van der Waals surface area contributed by atoms with Gasteiger partial charge < -0.3 is 10.1 Å². The van der Waals surface area contributed by atoms with Gasteiger partial charge in [-0.3, -0.25) is 9.10 Å². The molecule has 0 atom stereocenters. The van der Waals surface area contributed by atoms with Crippen molar-refractivity contribution >= 4 is 49.9 Å². The Balaban J connectivity index is 1.93. The second kappa shape index (κ2) is 8.52. The predicted octanol–water partition coefficient (Wildman–Crippen LogP) is 3.09. The number of nitrogens with zero attached hydrogens (tertiary/aromatic N) is 1. The number of amides is 1. The third-order valence-corrected chi connectivity index (χ3v) is 5.30. The van der Waals surface area contributed by atoms with E-state index in [4.69, 9.17) is 4.74 Å². The molecule has 0 spiro atoms. The molecule has 0 saturated carbocycles. The van der Waals surface area contributed by atoms with Crippen molar-refractivity contribution in [3.05, 3.63) is 52.1 Å². The van der Waals surface area contributed by atoms with Crippen LogP contribution in [-0.2, 0) is 14.8 Å². The maximum absolute atomic E-state index is 11.9. The van der Waals surface area contributed by atoms with Gasteiger partial charge in [-0.2, -0.15) is 0 Å². The Labute approximate surface area is 161 Å². The summed E-state index contributed by atoms with van der Waals surface area (Å²) in [4.78, 5) is 11.9. The lowest BCUT2D eigenvalue weighted by molar-refractivity contribution is -0.118. The Morgan fingerprint density at radius 1 is 1.12 bits per heavy atom. The number of anilines is 2. The van der Waals surface area contributed by atoms with E-state index in [9.17, 15) is 13.2 Å². The SMILES string of the molecule is CCN(c1ccc(OCC(=O)Nc2ccc(I)cc2)cc1)S(C)(=O)=O. The molecule has 0 bridgehead atoms. The van der Waals surface area contributed by atoms with Crippen molar-refractivity contribution in [2.75, 3.05) is 29.0 Å². The molecule has 0 unspecified atom stereocenters. The van der Waals surface area contributed by atoms with Crippen LogP contribution in [0, 0.1) is 3.57 Å². The Morgan fingerprint density at radius 2 is 1.72 bits per heavy atom. The minimum absolute atomic E-state index is 0.130. The zero-order chi connectivity index (χ0) is 18.4. The summed E-state index contributed by atoms with van der Waals surface area (Å²) in [5.41, 5.74) is 1.26. The molecule has 0 radical (unpaired) electrons. The van der Waals surface area contributed by atoms with Gasteiger partial charge in [0.15, 0.2) is 6.61 Å². The van der Waals surface area contributed by atoms with Crippen molar-refractivity contribution in [3.63, 3.8) is 0 Å². The Morgan fingerprint density at radius 3 is 2.24 bits per heavy atom. The summed E-state index contributed by atoms with van der Waals surface area (Å²) < 4.78 is 31.2. The average molecular weight is 474 g/mol. The molecule has 0 aromatic heterocycles. The highest BCUT2D eigenvalue weighted by molar-refractivity contribution is 14.1. The Bertz CT molecular complexity index is 821. The normalized spacial score (nSPS) is 11.0. The van der Waals surface area contributed by atoms with Crippen molar-refractivity contribution in [2.24, 2.45) is 0 Å². The maximum atomic E-state index is 11.9. The molecule has 0 saturated heterocycles. The van der Waals surface area contributed by atoms with E-state index in [1.807, 2.05) is 24.3 Å². The number of carbonyl (C=O) groups excluding carboxylic acids is 1. The van der Waals surface area contributed by atoms with E-state index < -0.39 is 10.0 Å². The molecule has 0 aliphatic rings. The quantitative estimate of drug-likeness (QED) is 0.626. The topological polar surface area (TPSA) is 75.7 Å². The van der Waals surface area contributed by atoms with Crippen molar-refractivity contribution in [3.8, 4) is 5.75 Å². The van der Waals surface area contributed by atoms with E-state index >= 15 is 0 Å². The van der Waals surface area contributed by atoms with Crippen LogP contribution >= 0.6 is 22.6 Å². The lowest BCUT2D eigenvalue weighted by Crippen LogP contribution is -2.29. The Hall–Kier alpha value is -1.81. The fourth-order valence-corrected chi connectivity index (χ4v) is 3.53. The molecular formula is C17H19IN2O4S. The summed E-state index contributed by atoms with van der Waals surface area (Å²) in [6.45, 7) is 1.98. The minimum Gasteiger partial charge on any atom is -0.484 e. The van der Waals surface area contributed by atoms with Crippen LogP contribution < -0.4 is 14.4 Å². The number of ether oxygens (including phenoxy) is 1. The van der Waals surface area contributed by atoms with Gasteiger partial charge in [0.2, 0.25) is 10.0 Å². The number of hydrogen-bond acceptors (Lipinski definition) is 4. The monoisotopic (exact) mass is 474 g/mol. The third-order valence-electron chi connectivity index (χ3n) is 3.31. The van der Waals surface area contributed by atoms with Gasteiger partial charge in [0.1, 0.15) is 5.75 Å². The second-order valence-electron chi connectivity index (χ2n) is 5.27. The van der Waals surface area contributed by atoms with Crippen LogP contribution in [-0.4, -0.2) is 33.7 Å². The highest BCUT2D eigenvalue weighted by atomic mass is 127. The molecule has 2 aromatic rings. The van der Waals surface area contributed by atoms with E-state index in [1.54, 1.807) is 31.2 Å². The molecule has 1 amide bonds. The van der Waals surface area contributed by atoms with E-state index in [2.05, 4.69) is 27.9 Å². The summed E-state index contributed by atoms with van der Waals surface area (Å²) in [6, 6.07) is 14.0. The van der Waals surface area contributed by atoms with Crippen molar-refractivity contribution in [1.29, 1.82) is 0 Å². The van der Waals surface area contributed by atoms with Gasteiger partial charge in [0.05, 0.1) is 11.9 Å². The molecule has 134 valence electrons. The molecule has 1 N–H and O–H groups in total. The van der Waals surface area contributed by atoms with Crippen molar-refractivity contribution < 1.29 is 17.9 Å². The summed E-state index contributed by atoms with van der Waals surface area (Å²) in [6.07, 6.45) is 1.16. The molecule has 25 heavy (non-hydrogen) atoms. The molecule has 0 fully saturated rings. The summed E-state index contributed by atoms with van der Waals surface area (Å²) in [7, 11) is -3.32. The fraction of sp³-hybridized carbons (Fsp3) is 0.235. The van der Waals surface area contributed by atoms with Gasteiger partial charge in [-0.1, -0.05) is 0 Å². The number of rotatable bonds is 7. The van der Waals surface area contributed by atoms with E-state index in [1.165, 1.54) is 4.31 Å². The number of hydrogen-bond donors (Lipinski definition) is 1. The van der Waals surface area contributed by atoms with Gasteiger partial charge >= 0.3 is 0 Å². The fourth-order valence-electron chi connectivity index (χ4n) is 2.20. The molecule has 6 nitrogen and oxygen atoms in total. The van der Waals surface area contributed by atoms with Crippen LogP contribution in [0.5, 0.6) is 5.75 Å². The van der Waals surface area contributed by atoms with Gasteiger partial charge in [0.25, 0.3) is 5.91 Å². The van der Waals surface area contributed by atoms with Crippen LogP contribution in [0.1, 0.15) is 6.92 Å². The first kappa shape index (κ1) is 19.5. The first-order valence-corrected chi connectivity index (χ1v) is 10.5. The first-order valence-electron chi connectivity index (χ1n) is 7.55. The highest BCUT2D eigenvalue weighted by Gasteiger charge is 2.15. The van der Waals surface area contributed by atoms with E-state index in [0.717, 1.165) is 9.83 Å². The minimum atomic E-state index is -3.32. The van der Waals surface area contributed by atoms with Crippen LogP contribution in [0.15, 0.2) is 48.5 Å². The van der Waals surface area contributed by atoms with Crippen molar-refractivity contribution in [2.45, 2.75) is 6.92 Å². The highest BCUT2D eigenvalue weighted by Crippen LogP contribution is 2.21. The lowest BCUT2D eigenvalue weighted by atomic mass is 10.3. The largest absolute Gasteiger partial charge is 0.484 e. The van der Waals surface area contributed by atoms with Crippen LogP contribution in [0.2, 0.25) is 0 Å². The average Bonchev–Trinajstić information content (AvgIpc) is 2.56. The van der Waals surface area contributed by atoms with E-state index in [0.29, 0.717) is 23.7 Å².